The summed E-state index contributed by atoms with van der Waals surface area (Å²) in [5.41, 5.74) is 2.88. The van der Waals surface area contributed by atoms with Gasteiger partial charge in [0.1, 0.15) is 11.6 Å². The second-order valence-corrected chi connectivity index (χ2v) is 9.03. The predicted octanol–water partition coefficient (Wildman–Crippen LogP) is 4.23. The number of rotatable bonds is 8. The number of benzene rings is 2. The van der Waals surface area contributed by atoms with Crippen LogP contribution in [0.2, 0.25) is 0 Å². The zero-order chi connectivity index (χ0) is 27.2. The highest BCUT2D eigenvalue weighted by atomic mass is 19.1. The molecule has 2 amide bonds. The summed E-state index contributed by atoms with van der Waals surface area (Å²) in [6.45, 7) is 5.30. The van der Waals surface area contributed by atoms with Crippen LogP contribution in [0.4, 0.5) is 4.39 Å². The van der Waals surface area contributed by atoms with E-state index >= 15 is 0 Å². The maximum Gasteiger partial charge on any atom is 0.306 e. The van der Waals surface area contributed by atoms with Gasteiger partial charge in [-0.2, -0.15) is 0 Å². The molecule has 0 radical (unpaired) electrons. The van der Waals surface area contributed by atoms with E-state index in [9.17, 15) is 18.8 Å². The molecule has 0 saturated carbocycles. The lowest BCUT2D eigenvalue weighted by atomic mass is 10.1. The van der Waals surface area contributed by atoms with Crippen LogP contribution in [0.3, 0.4) is 0 Å². The Balaban J connectivity index is 1.57. The lowest BCUT2D eigenvalue weighted by molar-refractivity contribution is -0.146. The topological polar surface area (TPSA) is 81.1 Å². The molecule has 4 rings (SSSR count). The van der Waals surface area contributed by atoms with E-state index in [1.54, 1.807) is 59.6 Å². The summed E-state index contributed by atoms with van der Waals surface area (Å²) in [5.74, 6) is -0.452. The Morgan fingerprint density at radius 3 is 2.32 bits per heavy atom. The summed E-state index contributed by atoms with van der Waals surface area (Å²) >= 11 is 0. The maximum atomic E-state index is 14.9. The average Bonchev–Trinajstić information content (AvgIpc) is 3.28. The van der Waals surface area contributed by atoms with Crippen LogP contribution in [0.15, 0.2) is 54.6 Å². The SMILES string of the molecule is CCOC(=O)CCC(=O)N1CCN(C(=O)c2cc(-c3cccc(OC)c3)n(-c3ccccc3F)c2C)CC1. The van der Waals surface area contributed by atoms with Crippen molar-refractivity contribution < 1.29 is 28.2 Å². The Kier molecular flexibility index (Phi) is 8.45. The van der Waals surface area contributed by atoms with Crippen LogP contribution in [-0.4, -0.2) is 72.0 Å². The summed E-state index contributed by atoms with van der Waals surface area (Å²) in [4.78, 5) is 41.1. The summed E-state index contributed by atoms with van der Waals surface area (Å²) in [6, 6.07) is 15.7. The number of para-hydroxylation sites is 1. The van der Waals surface area contributed by atoms with Crippen molar-refractivity contribution in [3.8, 4) is 22.7 Å². The largest absolute Gasteiger partial charge is 0.497 e. The van der Waals surface area contributed by atoms with Gasteiger partial charge in [-0.3, -0.25) is 14.4 Å². The number of aromatic nitrogens is 1. The fraction of sp³-hybridized carbons (Fsp3) is 0.345. The third-order valence-electron chi connectivity index (χ3n) is 6.70. The number of ether oxygens (including phenoxy) is 2. The fourth-order valence-electron chi connectivity index (χ4n) is 4.69. The van der Waals surface area contributed by atoms with Crippen LogP contribution in [0.5, 0.6) is 5.75 Å². The van der Waals surface area contributed by atoms with Crippen molar-refractivity contribution >= 4 is 17.8 Å². The Morgan fingerprint density at radius 1 is 0.921 bits per heavy atom. The highest BCUT2D eigenvalue weighted by Crippen LogP contribution is 2.33. The number of hydrogen-bond donors (Lipinski definition) is 0. The Morgan fingerprint density at radius 2 is 1.63 bits per heavy atom. The Bertz CT molecular complexity index is 1330. The molecular weight excluding hydrogens is 489 g/mol. The number of amides is 2. The molecule has 0 aliphatic carbocycles. The molecule has 0 unspecified atom stereocenters. The van der Waals surface area contributed by atoms with Gasteiger partial charge < -0.3 is 23.8 Å². The molecule has 1 saturated heterocycles. The first-order valence-electron chi connectivity index (χ1n) is 12.7. The molecule has 0 N–H and O–H groups in total. The summed E-state index contributed by atoms with van der Waals surface area (Å²) in [7, 11) is 1.58. The van der Waals surface area contributed by atoms with Gasteiger partial charge >= 0.3 is 5.97 Å². The molecule has 8 nitrogen and oxygen atoms in total. The Hall–Kier alpha value is -4.14. The van der Waals surface area contributed by atoms with E-state index in [0.717, 1.165) is 5.56 Å². The Labute approximate surface area is 221 Å². The van der Waals surface area contributed by atoms with Crippen LogP contribution < -0.4 is 4.74 Å². The number of nitrogens with zero attached hydrogens (tertiary/aromatic N) is 3. The normalized spacial score (nSPS) is 13.4. The van der Waals surface area contributed by atoms with Crippen molar-refractivity contribution in [3.63, 3.8) is 0 Å². The third kappa shape index (κ3) is 5.72. The van der Waals surface area contributed by atoms with Gasteiger partial charge in [0.25, 0.3) is 5.91 Å². The van der Waals surface area contributed by atoms with Crippen LogP contribution in [0, 0.1) is 12.7 Å². The zero-order valence-electron chi connectivity index (χ0n) is 21.9. The standard InChI is InChI=1S/C29H32FN3O5/c1-4-38-28(35)13-12-27(34)31-14-16-32(17-15-31)29(36)23-19-26(21-8-7-9-22(18-21)37-3)33(20(23)2)25-11-6-5-10-24(25)30/h5-11,18-19H,4,12-17H2,1-3H3. The molecule has 9 heteroatoms. The minimum atomic E-state index is -0.399. The van der Waals surface area contributed by atoms with E-state index in [-0.39, 0.29) is 31.3 Å². The number of carbonyl (C=O) groups is 3. The van der Waals surface area contributed by atoms with E-state index in [4.69, 9.17) is 9.47 Å². The van der Waals surface area contributed by atoms with Gasteiger partial charge in [-0.05, 0) is 44.2 Å². The number of halogens is 1. The van der Waals surface area contributed by atoms with Gasteiger partial charge in [0, 0.05) is 43.9 Å². The van der Waals surface area contributed by atoms with Gasteiger partial charge in [-0.25, -0.2) is 4.39 Å². The molecule has 0 bridgehead atoms. The lowest BCUT2D eigenvalue weighted by Gasteiger charge is -2.34. The monoisotopic (exact) mass is 521 g/mol. The highest BCUT2D eigenvalue weighted by molar-refractivity contribution is 5.97. The zero-order valence-corrected chi connectivity index (χ0v) is 21.9. The van der Waals surface area contributed by atoms with Gasteiger partial charge in [-0.1, -0.05) is 24.3 Å². The molecule has 38 heavy (non-hydrogen) atoms. The van der Waals surface area contributed by atoms with Gasteiger partial charge in [0.15, 0.2) is 0 Å². The molecule has 1 aliphatic rings. The first-order valence-corrected chi connectivity index (χ1v) is 12.7. The molecule has 1 aromatic heterocycles. The molecule has 3 aromatic rings. The van der Waals surface area contributed by atoms with Crippen molar-refractivity contribution in [1.29, 1.82) is 0 Å². The van der Waals surface area contributed by atoms with E-state index < -0.39 is 11.8 Å². The van der Waals surface area contributed by atoms with Gasteiger partial charge in [0.05, 0.1) is 37.1 Å². The summed E-state index contributed by atoms with van der Waals surface area (Å²) in [6.07, 6.45) is 0.128. The molecule has 0 atom stereocenters. The number of carbonyl (C=O) groups excluding carboxylic acids is 3. The molecule has 200 valence electrons. The van der Waals surface area contributed by atoms with E-state index in [1.807, 2.05) is 24.3 Å². The minimum absolute atomic E-state index is 0.0433. The molecule has 0 spiro atoms. The second-order valence-electron chi connectivity index (χ2n) is 9.03. The lowest BCUT2D eigenvalue weighted by Crippen LogP contribution is -2.50. The predicted molar refractivity (Wildman–Crippen MR) is 141 cm³/mol. The van der Waals surface area contributed by atoms with Crippen molar-refractivity contribution in [2.75, 3.05) is 39.9 Å². The molecule has 1 aliphatic heterocycles. The van der Waals surface area contributed by atoms with E-state index in [2.05, 4.69) is 0 Å². The van der Waals surface area contributed by atoms with Crippen molar-refractivity contribution in [3.05, 3.63) is 71.7 Å². The van der Waals surface area contributed by atoms with Crippen LogP contribution in [-0.2, 0) is 14.3 Å². The quantitative estimate of drug-likeness (QED) is 0.415. The summed E-state index contributed by atoms with van der Waals surface area (Å²) < 4.78 is 27.0. The molecule has 2 heterocycles. The number of piperazine rings is 1. The van der Waals surface area contributed by atoms with E-state index in [1.165, 1.54) is 6.07 Å². The third-order valence-corrected chi connectivity index (χ3v) is 6.70. The summed E-state index contributed by atoms with van der Waals surface area (Å²) in [5, 5.41) is 0. The fourth-order valence-corrected chi connectivity index (χ4v) is 4.69. The van der Waals surface area contributed by atoms with Crippen LogP contribution in [0.25, 0.3) is 16.9 Å². The second kappa shape index (κ2) is 11.9. The van der Waals surface area contributed by atoms with Crippen molar-refractivity contribution in [1.82, 2.24) is 14.4 Å². The maximum absolute atomic E-state index is 14.9. The molecule has 1 fully saturated rings. The smallest absolute Gasteiger partial charge is 0.306 e. The first kappa shape index (κ1) is 26.9. The minimum Gasteiger partial charge on any atom is -0.497 e. The van der Waals surface area contributed by atoms with Crippen molar-refractivity contribution in [2.24, 2.45) is 0 Å². The van der Waals surface area contributed by atoms with Crippen molar-refractivity contribution in [2.45, 2.75) is 26.7 Å². The van der Waals surface area contributed by atoms with E-state index in [0.29, 0.717) is 54.6 Å². The highest BCUT2D eigenvalue weighted by Gasteiger charge is 2.28. The number of methoxy groups -OCH3 is 1. The van der Waals surface area contributed by atoms with Crippen LogP contribution >= 0.6 is 0 Å². The molecule has 2 aromatic carbocycles. The first-order chi connectivity index (χ1) is 18.3. The molecular formula is C29H32FN3O5. The number of hydrogen-bond acceptors (Lipinski definition) is 5. The average molecular weight is 522 g/mol. The van der Waals surface area contributed by atoms with Gasteiger partial charge in [-0.15, -0.1) is 0 Å². The van der Waals surface area contributed by atoms with Gasteiger partial charge in [0.2, 0.25) is 5.91 Å². The van der Waals surface area contributed by atoms with Crippen LogP contribution in [0.1, 0.15) is 35.8 Å². The number of esters is 1.